The number of carbonyl (C=O) groups is 1. The molecule has 2 aliphatic rings. The number of nitrogens with zero attached hydrogens (tertiary/aromatic N) is 2. The fourth-order valence-corrected chi connectivity index (χ4v) is 4.41. The number of nitrogens with one attached hydrogen (secondary N) is 1. The molecule has 0 aromatic heterocycles. The molecule has 0 spiro atoms. The molecule has 2 aliphatic heterocycles. The van der Waals surface area contributed by atoms with E-state index in [1.807, 2.05) is 18.2 Å². The van der Waals surface area contributed by atoms with Gasteiger partial charge in [0, 0.05) is 30.4 Å². The monoisotopic (exact) mass is 353 g/mol. The van der Waals surface area contributed by atoms with E-state index in [2.05, 4.69) is 36.1 Å². The first-order valence-electron chi connectivity index (χ1n) is 8.74. The van der Waals surface area contributed by atoms with Gasteiger partial charge in [0.15, 0.2) is 0 Å². The van der Waals surface area contributed by atoms with Crippen LogP contribution in [0.1, 0.15) is 18.9 Å². The van der Waals surface area contributed by atoms with Crippen molar-refractivity contribution in [3.05, 3.63) is 48.0 Å². The number of likely N-dealkylation sites (tertiary alicyclic amines) is 1. The lowest BCUT2D eigenvalue weighted by Crippen LogP contribution is -2.45. The molecule has 26 heavy (non-hydrogen) atoms. The van der Waals surface area contributed by atoms with Gasteiger partial charge in [0.05, 0.1) is 6.17 Å². The summed E-state index contributed by atoms with van der Waals surface area (Å²) < 4.78 is 5.48. The number of anilines is 2. The fourth-order valence-electron chi connectivity index (χ4n) is 4.41. The van der Waals surface area contributed by atoms with Crippen molar-refractivity contribution in [3.63, 3.8) is 0 Å². The first kappa shape index (κ1) is 16.7. The Balaban J connectivity index is 1.54. The van der Waals surface area contributed by atoms with E-state index in [0.29, 0.717) is 17.6 Å². The van der Waals surface area contributed by atoms with Gasteiger partial charge in [-0.25, -0.2) is 4.79 Å². The molecule has 2 aromatic carbocycles. The van der Waals surface area contributed by atoms with Crippen LogP contribution >= 0.6 is 0 Å². The molecule has 0 aliphatic carbocycles. The van der Waals surface area contributed by atoms with Crippen LogP contribution in [0.25, 0.3) is 0 Å². The molecule has 1 saturated heterocycles. The highest BCUT2D eigenvalue weighted by Gasteiger charge is 2.52. The van der Waals surface area contributed by atoms with Gasteiger partial charge in [-0.1, -0.05) is 6.92 Å². The number of benzene rings is 2. The molecule has 1 amide bonds. The Morgan fingerprint density at radius 3 is 2.69 bits per heavy atom. The average molecular weight is 353 g/mol. The molecule has 0 unspecified atom stereocenters. The summed E-state index contributed by atoms with van der Waals surface area (Å²) in [5.74, 6) is 0.681. The highest BCUT2D eigenvalue weighted by Crippen LogP contribution is 2.51. The fraction of sp³-hybridized carbons (Fsp3) is 0.350. The van der Waals surface area contributed by atoms with Crippen molar-refractivity contribution in [2.45, 2.75) is 24.9 Å². The summed E-state index contributed by atoms with van der Waals surface area (Å²) in [6, 6.07) is 12.1. The Morgan fingerprint density at radius 1 is 1.23 bits per heavy atom. The number of fused-ring (bicyclic) bond motifs is 3. The van der Waals surface area contributed by atoms with Crippen LogP contribution in [0.3, 0.4) is 0 Å². The van der Waals surface area contributed by atoms with Crippen molar-refractivity contribution >= 4 is 17.5 Å². The molecular formula is C20H23N3O3. The summed E-state index contributed by atoms with van der Waals surface area (Å²) in [4.78, 5) is 16.9. The second kappa shape index (κ2) is 5.92. The maximum Gasteiger partial charge on any atom is 0.417 e. The van der Waals surface area contributed by atoms with Crippen LogP contribution in [-0.2, 0) is 5.41 Å². The Morgan fingerprint density at radius 2 is 1.96 bits per heavy atom. The second-order valence-corrected chi connectivity index (χ2v) is 7.37. The van der Waals surface area contributed by atoms with Gasteiger partial charge in [0.25, 0.3) is 0 Å². The molecular weight excluding hydrogens is 330 g/mol. The highest BCUT2D eigenvalue weighted by molar-refractivity contribution is 5.86. The lowest BCUT2D eigenvalue weighted by atomic mass is 9.81. The lowest BCUT2D eigenvalue weighted by Gasteiger charge is -2.32. The largest absolute Gasteiger partial charge is 0.508 e. The topological polar surface area (TPSA) is 65.0 Å². The standard InChI is InChI=1S/C20H23N3O3/c1-20-10-11-22(2)18(20)23(3)17-9-8-15(12-16(17)20)26-19(25)21-13-4-6-14(24)7-5-13/h4-9,12,18,24H,10-11H2,1-3H3,(H,21,25)/t18-,20+/m1/s1. The SMILES string of the molecule is CN1CC[C@@]2(C)c3cc(OC(=O)Nc4ccc(O)cc4)ccc3N(C)[C@@H]12. The zero-order valence-corrected chi connectivity index (χ0v) is 15.2. The molecule has 2 atom stereocenters. The Hall–Kier alpha value is -2.73. The van der Waals surface area contributed by atoms with Gasteiger partial charge >= 0.3 is 6.09 Å². The average Bonchev–Trinajstić information content (AvgIpc) is 3.03. The molecule has 136 valence electrons. The maximum absolute atomic E-state index is 12.2. The van der Waals surface area contributed by atoms with E-state index in [-0.39, 0.29) is 11.2 Å². The van der Waals surface area contributed by atoms with Crippen LogP contribution in [0, 0.1) is 0 Å². The number of likely N-dealkylation sites (N-methyl/N-ethyl adjacent to an activating group) is 2. The van der Waals surface area contributed by atoms with E-state index < -0.39 is 6.09 Å². The van der Waals surface area contributed by atoms with Gasteiger partial charge in [0.1, 0.15) is 11.5 Å². The van der Waals surface area contributed by atoms with Gasteiger partial charge < -0.3 is 14.7 Å². The molecule has 2 N–H and O–H groups in total. The van der Waals surface area contributed by atoms with Crippen LogP contribution in [0.5, 0.6) is 11.5 Å². The predicted octanol–water partition coefficient (Wildman–Crippen LogP) is 3.37. The normalized spacial score (nSPS) is 24.3. The van der Waals surface area contributed by atoms with E-state index in [0.717, 1.165) is 13.0 Å². The van der Waals surface area contributed by atoms with E-state index >= 15 is 0 Å². The highest BCUT2D eigenvalue weighted by atomic mass is 16.6. The number of hydrogen-bond donors (Lipinski definition) is 2. The zero-order valence-electron chi connectivity index (χ0n) is 15.2. The summed E-state index contributed by atoms with van der Waals surface area (Å²) >= 11 is 0. The summed E-state index contributed by atoms with van der Waals surface area (Å²) in [6.45, 7) is 3.33. The smallest absolute Gasteiger partial charge is 0.417 e. The number of carbonyl (C=O) groups excluding carboxylic acids is 1. The van der Waals surface area contributed by atoms with Crippen LogP contribution in [-0.4, -0.2) is 42.9 Å². The number of phenolic OH excluding ortho intramolecular Hbond substituents is 1. The van der Waals surface area contributed by atoms with Crippen LogP contribution in [0.2, 0.25) is 0 Å². The minimum atomic E-state index is -0.549. The van der Waals surface area contributed by atoms with Crippen molar-refractivity contribution in [2.75, 3.05) is 30.9 Å². The van der Waals surface area contributed by atoms with E-state index in [1.165, 1.54) is 23.4 Å². The molecule has 0 saturated carbocycles. The first-order valence-corrected chi connectivity index (χ1v) is 8.74. The van der Waals surface area contributed by atoms with Crippen LogP contribution in [0.4, 0.5) is 16.2 Å². The summed E-state index contributed by atoms with van der Waals surface area (Å²) in [5.41, 5.74) is 3.02. The summed E-state index contributed by atoms with van der Waals surface area (Å²) in [7, 11) is 4.27. The van der Waals surface area contributed by atoms with Crippen molar-refractivity contribution in [1.29, 1.82) is 0 Å². The molecule has 0 bridgehead atoms. The predicted molar refractivity (Wildman–Crippen MR) is 101 cm³/mol. The summed E-state index contributed by atoms with van der Waals surface area (Å²) in [5, 5.41) is 12.0. The van der Waals surface area contributed by atoms with Crippen molar-refractivity contribution in [2.24, 2.45) is 0 Å². The number of rotatable bonds is 2. The van der Waals surface area contributed by atoms with Crippen LogP contribution < -0.4 is 15.0 Å². The quantitative estimate of drug-likeness (QED) is 0.811. The molecule has 6 heteroatoms. The lowest BCUT2D eigenvalue weighted by molar-refractivity contribution is 0.215. The molecule has 1 fully saturated rings. The van der Waals surface area contributed by atoms with Crippen molar-refractivity contribution in [3.8, 4) is 11.5 Å². The third kappa shape index (κ3) is 2.57. The van der Waals surface area contributed by atoms with Crippen molar-refractivity contribution < 1.29 is 14.6 Å². The molecule has 2 aromatic rings. The number of ether oxygens (including phenoxy) is 1. The van der Waals surface area contributed by atoms with Crippen LogP contribution in [0.15, 0.2) is 42.5 Å². The zero-order chi connectivity index (χ0) is 18.5. The summed E-state index contributed by atoms with van der Waals surface area (Å²) in [6.07, 6.45) is 0.861. The van der Waals surface area contributed by atoms with Gasteiger partial charge in [0.2, 0.25) is 0 Å². The van der Waals surface area contributed by atoms with E-state index in [4.69, 9.17) is 4.74 Å². The first-order chi connectivity index (χ1) is 12.4. The molecule has 6 nitrogen and oxygen atoms in total. The van der Waals surface area contributed by atoms with E-state index in [1.54, 1.807) is 12.1 Å². The third-order valence-electron chi connectivity index (χ3n) is 5.63. The molecule has 0 radical (unpaired) electrons. The molecule has 4 rings (SSSR count). The minimum absolute atomic E-state index is 0.0334. The second-order valence-electron chi connectivity index (χ2n) is 7.37. The maximum atomic E-state index is 12.2. The third-order valence-corrected chi connectivity index (χ3v) is 5.63. The van der Waals surface area contributed by atoms with E-state index in [9.17, 15) is 9.90 Å². The minimum Gasteiger partial charge on any atom is -0.508 e. The Labute approximate surface area is 153 Å². The Kier molecular flexibility index (Phi) is 3.80. The number of aromatic hydroxyl groups is 1. The Bertz CT molecular complexity index is 852. The number of amides is 1. The van der Waals surface area contributed by atoms with Gasteiger partial charge in [-0.05, 0) is 61.5 Å². The van der Waals surface area contributed by atoms with Crippen molar-refractivity contribution in [1.82, 2.24) is 4.90 Å². The molecule has 2 heterocycles. The van der Waals surface area contributed by atoms with Gasteiger partial charge in [-0.2, -0.15) is 0 Å². The number of phenols is 1. The number of hydrogen-bond acceptors (Lipinski definition) is 5. The van der Waals surface area contributed by atoms with Gasteiger partial charge in [-0.3, -0.25) is 10.2 Å². The van der Waals surface area contributed by atoms with Gasteiger partial charge in [-0.15, -0.1) is 0 Å².